The monoisotopic (exact) mass is 555 g/mol. The number of piperidine rings is 1. The maximum atomic E-state index is 13.5. The maximum absolute atomic E-state index is 13.5. The van der Waals surface area contributed by atoms with Crippen LogP contribution in [-0.4, -0.2) is 48.6 Å². The lowest BCUT2D eigenvalue weighted by atomic mass is 9.80. The van der Waals surface area contributed by atoms with E-state index in [2.05, 4.69) is 22.3 Å². The highest BCUT2D eigenvalue weighted by Crippen LogP contribution is 2.40. The standard InChI is InChI=1S/C29H33N3O6.ClH/c1-19-25(28(33)37-3)27(23-12-7-13-24(15-23)32(35)36)26(20(2)30-19)29(34)38-18-22-11-8-14-31(17-22)16-21-9-5-4-6-10-21;/h4-7,9-10,12-13,15,22,27,30H,8,11,14,16-18H2,1-3H3;1H. The predicted molar refractivity (Wildman–Crippen MR) is 149 cm³/mol. The molecular weight excluding hydrogens is 522 g/mol. The number of carbonyl (C=O) groups excluding carboxylic acids is 2. The molecule has 2 aromatic carbocycles. The third-order valence-electron chi connectivity index (χ3n) is 7.10. The molecule has 2 atom stereocenters. The molecule has 208 valence electrons. The van der Waals surface area contributed by atoms with Crippen LogP contribution in [0.15, 0.2) is 77.1 Å². The highest BCUT2D eigenvalue weighted by Gasteiger charge is 2.38. The molecule has 0 saturated carbocycles. The molecule has 10 heteroatoms. The van der Waals surface area contributed by atoms with Crippen LogP contribution < -0.4 is 5.32 Å². The first-order valence-electron chi connectivity index (χ1n) is 12.7. The summed E-state index contributed by atoms with van der Waals surface area (Å²) in [7, 11) is 1.26. The summed E-state index contributed by atoms with van der Waals surface area (Å²) >= 11 is 0. The van der Waals surface area contributed by atoms with Crippen LogP contribution in [0.5, 0.6) is 0 Å². The van der Waals surface area contributed by atoms with E-state index in [0.29, 0.717) is 17.0 Å². The Labute approximate surface area is 234 Å². The van der Waals surface area contributed by atoms with Gasteiger partial charge in [-0.3, -0.25) is 15.0 Å². The van der Waals surface area contributed by atoms with Crippen LogP contribution in [0.25, 0.3) is 0 Å². The Morgan fingerprint density at radius 2 is 1.74 bits per heavy atom. The Hall–Kier alpha value is -3.69. The summed E-state index contributed by atoms with van der Waals surface area (Å²) in [6, 6.07) is 16.3. The molecule has 0 amide bonds. The molecule has 39 heavy (non-hydrogen) atoms. The van der Waals surface area contributed by atoms with Crippen molar-refractivity contribution in [2.24, 2.45) is 5.92 Å². The van der Waals surface area contributed by atoms with Gasteiger partial charge in [-0.05, 0) is 44.4 Å². The number of dihydropyridines is 1. The van der Waals surface area contributed by atoms with Crippen molar-refractivity contribution in [1.82, 2.24) is 10.2 Å². The SMILES string of the molecule is COC(=O)C1=C(C)NC(C)=C(C(=O)OCC2CCCN(Cc3ccccc3)C2)C1c1cccc([N+](=O)[O-])c1.Cl. The number of esters is 2. The van der Waals surface area contributed by atoms with Crippen LogP contribution in [0.3, 0.4) is 0 Å². The molecule has 2 heterocycles. The molecule has 1 N–H and O–H groups in total. The van der Waals surface area contributed by atoms with Crippen molar-refractivity contribution in [3.05, 3.63) is 98.4 Å². The molecule has 0 aromatic heterocycles. The fourth-order valence-electron chi connectivity index (χ4n) is 5.34. The van der Waals surface area contributed by atoms with Crippen molar-refractivity contribution in [2.75, 3.05) is 26.8 Å². The molecule has 2 aliphatic rings. The van der Waals surface area contributed by atoms with Gasteiger partial charge >= 0.3 is 11.9 Å². The van der Waals surface area contributed by atoms with Crippen LogP contribution >= 0.6 is 12.4 Å². The summed E-state index contributed by atoms with van der Waals surface area (Å²) in [5.41, 5.74) is 3.08. The summed E-state index contributed by atoms with van der Waals surface area (Å²) in [6.45, 7) is 6.36. The van der Waals surface area contributed by atoms with Crippen molar-refractivity contribution in [3.63, 3.8) is 0 Å². The number of rotatable bonds is 8. The number of ether oxygens (including phenoxy) is 2. The van der Waals surface area contributed by atoms with E-state index in [1.165, 1.54) is 24.8 Å². The van der Waals surface area contributed by atoms with Crippen LogP contribution in [0.2, 0.25) is 0 Å². The van der Waals surface area contributed by atoms with E-state index in [1.807, 2.05) is 18.2 Å². The van der Waals surface area contributed by atoms with Crippen molar-refractivity contribution in [2.45, 2.75) is 39.2 Å². The molecule has 9 nitrogen and oxygen atoms in total. The highest BCUT2D eigenvalue weighted by molar-refractivity contribution is 5.99. The van der Waals surface area contributed by atoms with Crippen molar-refractivity contribution >= 4 is 30.0 Å². The lowest BCUT2D eigenvalue weighted by Crippen LogP contribution is -2.37. The molecule has 4 rings (SSSR count). The first-order chi connectivity index (χ1) is 18.3. The Morgan fingerprint density at radius 1 is 1.05 bits per heavy atom. The van der Waals surface area contributed by atoms with Crippen molar-refractivity contribution in [1.29, 1.82) is 0 Å². The number of benzene rings is 2. The maximum Gasteiger partial charge on any atom is 0.336 e. The highest BCUT2D eigenvalue weighted by atomic mass is 35.5. The van der Waals surface area contributed by atoms with Gasteiger partial charge in [-0.15, -0.1) is 12.4 Å². The Bertz CT molecular complexity index is 1280. The quantitative estimate of drug-likeness (QED) is 0.279. The number of allylic oxidation sites excluding steroid dienone is 2. The number of nitro groups is 1. The van der Waals surface area contributed by atoms with Crippen LogP contribution in [0, 0.1) is 16.0 Å². The second-order valence-electron chi connectivity index (χ2n) is 9.81. The minimum Gasteiger partial charge on any atom is -0.466 e. The summed E-state index contributed by atoms with van der Waals surface area (Å²) in [6.07, 6.45) is 1.97. The average Bonchev–Trinajstić information content (AvgIpc) is 2.91. The molecule has 2 aliphatic heterocycles. The molecule has 2 aromatic rings. The van der Waals surface area contributed by atoms with Gasteiger partial charge in [-0.2, -0.15) is 0 Å². The lowest BCUT2D eigenvalue weighted by Gasteiger charge is -2.33. The summed E-state index contributed by atoms with van der Waals surface area (Å²) in [5.74, 6) is -1.85. The second kappa shape index (κ2) is 13.4. The first kappa shape index (κ1) is 29.9. The molecule has 0 aliphatic carbocycles. The molecule has 1 fully saturated rings. The van der Waals surface area contributed by atoms with Gasteiger partial charge in [0.1, 0.15) is 0 Å². The zero-order valence-electron chi connectivity index (χ0n) is 22.3. The fraction of sp³-hybridized carbons (Fsp3) is 0.379. The van der Waals surface area contributed by atoms with Crippen LogP contribution in [-0.2, 0) is 25.6 Å². The molecule has 0 spiro atoms. The smallest absolute Gasteiger partial charge is 0.336 e. The van der Waals surface area contributed by atoms with Gasteiger partial charge in [0, 0.05) is 42.5 Å². The molecular formula is C29H34ClN3O6. The Morgan fingerprint density at radius 3 is 2.41 bits per heavy atom. The number of non-ortho nitro benzene ring substituents is 1. The normalized spacial score (nSPS) is 19.6. The zero-order valence-corrected chi connectivity index (χ0v) is 23.2. The molecule has 2 unspecified atom stereocenters. The van der Waals surface area contributed by atoms with E-state index in [9.17, 15) is 19.7 Å². The van der Waals surface area contributed by atoms with E-state index in [4.69, 9.17) is 9.47 Å². The summed E-state index contributed by atoms with van der Waals surface area (Å²) < 4.78 is 10.9. The van der Waals surface area contributed by atoms with Crippen LogP contribution in [0.1, 0.15) is 43.7 Å². The predicted octanol–water partition coefficient (Wildman–Crippen LogP) is 4.88. The fourth-order valence-corrected chi connectivity index (χ4v) is 5.34. The van der Waals surface area contributed by atoms with Gasteiger partial charge in [-0.25, -0.2) is 9.59 Å². The second-order valence-corrected chi connectivity index (χ2v) is 9.81. The van der Waals surface area contributed by atoms with E-state index in [1.54, 1.807) is 26.0 Å². The lowest BCUT2D eigenvalue weighted by molar-refractivity contribution is -0.384. The van der Waals surface area contributed by atoms with Crippen molar-refractivity contribution in [3.8, 4) is 0 Å². The van der Waals surface area contributed by atoms with E-state index < -0.39 is 22.8 Å². The third-order valence-corrected chi connectivity index (χ3v) is 7.10. The number of nitrogens with one attached hydrogen (secondary N) is 1. The van der Waals surface area contributed by atoms with E-state index >= 15 is 0 Å². The number of nitrogens with zero attached hydrogens (tertiary/aromatic N) is 2. The summed E-state index contributed by atoms with van der Waals surface area (Å²) in [5, 5.41) is 14.6. The number of carbonyl (C=O) groups is 2. The Kier molecular flexibility index (Phi) is 10.3. The molecule has 0 bridgehead atoms. The van der Waals surface area contributed by atoms with Crippen LogP contribution in [0.4, 0.5) is 5.69 Å². The average molecular weight is 556 g/mol. The summed E-state index contributed by atoms with van der Waals surface area (Å²) in [4.78, 5) is 39.7. The first-order valence-corrected chi connectivity index (χ1v) is 12.7. The minimum atomic E-state index is -0.864. The van der Waals surface area contributed by atoms with Gasteiger partial charge in [0.25, 0.3) is 5.69 Å². The molecule has 1 saturated heterocycles. The van der Waals surface area contributed by atoms with Crippen molar-refractivity contribution < 1.29 is 24.0 Å². The third kappa shape index (κ3) is 7.04. The van der Waals surface area contributed by atoms with Gasteiger partial charge in [0.15, 0.2) is 0 Å². The number of likely N-dealkylation sites (tertiary alicyclic amines) is 1. The molecule has 0 radical (unpaired) electrons. The van der Waals surface area contributed by atoms with Gasteiger partial charge in [0.2, 0.25) is 0 Å². The van der Waals surface area contributed by atoms with Gasteiger partial charge in [-0.1, -0.05) is 42.5 Å². The number of hydrogen-bond acceptors (Lipinski definition) is 8. The largest absolute Gasteiger partial charge is 0.466 e. The number of hydrogen-bond donors (Lipinski definition) is 1. The number of halogens is 1. The number of nitro benzene ring substituents is 1. The van der Waals surface area contributed by atoms with Gasteiger partial charge in [0.05, 0.1) is 35.7 Å². The van der Waals surface area contributed by atoms with Gasteiger partial charge < -0.3 is 14.8 Å². The topological polar surface area (TPSA) is 111 Å². The Balaban J connectivity index is 0.00000420. The minimum absolute atomic E-state index is 0. The number of methoxy groups -OCH3 is 1. The van der Waals surface area contributed by atoms with E-state index in [0.717, 1.165) is 32.5 Å². The zero-order chi connectivity index (χ0) is 27.2. The van der Waals surface area contributed by atoms with E-state index in [-0.39, 0.29) is 41.8 Å².